The summed E-state index contributed by atoms with van der Waals surface area (Å²) >= 11 is 6.11. The minimum atomic E-state index is 0.162. The van der Waals surface area contributed by atoms with Crippen LogP contribution in [0.1, 0.15) is 36.5 Å². The topological polar surface area (TPSA) is 69.6 Å². The third-order valence-electron chi connectivity index (χ3n) is 4.90. The molecule has 8 heteroatoms. The average molecular weight is 411 g/mol. The number of aromatic nitrogens is 5. The van der Waals surface area contributed by atoms with E-state index in [2.05, 4.69) is 52.5 Å². The molecule has 4 aromatic rings. The molecule has 150 valence electrons. The second-order valence-corrected chi connectivity index (χ2v) is 7.89. The van der Waals surface area contributed by atoms with E-state index in [0.29, 0.717) is 16.8 Å². The molecule has 0 saturated carbocycles. The Hall–Kier alpha value is -2.93. The van der Waals surface area contributed by atoms with Crippen molar-refractivity contribution < 1.29 is 4.84 Å². The van der Waals surface area contributed by atoms with Crippen molar-refractivity contribution in [2.75, 3.05) is 0 Å². The molecule has 0 N–H and O–H groups in total. The van der Waals surface area contributed by atoms with Crippen LogP contribution in [0.4, 0.5) is 0 Å². The molecule has 0 aliphatic heterocycles. The number of hydrogen-bond donors (Lipinski definition) is 0. The predicted molar refractivity (Wildman–Crippen MR) is 114 cm³/mol. The minimum absolute atomic E-state index is 0.162. The Bertz CT molecular complexity index is 1210. The summed E-state index contributed by atoms with van der Waals surface area (Å²) in [5.41, 5.74) is 4.90. The second-order valence-electron chi connectivity index (χ2n) is 7.48. The normalized spacial score (nSPS) is 12.1. The van der Waals surface area contributed by atoms with Crippen LogP contribution in [0.3, 0.4) is 0 Å². The number of rotatable bonds is 6. The summed E-state index contributed by atoms with van der Waals surface area (Å²) in [4.78, 5) is 14.7. The Morgan fingerprint density at radius 3 is 2.76 bits per heavy atom. The van der Waals surface area contributed by atoms with Crippen LogP contribution in [-0.2, 0) is 18.0 Å². The summed E-state index contributed by atoms with van der Waals surface area (Å²) in [5, 5.41) is 10.1. The number of nitrogens with zero attached hydrogens (tertiary/aromatic N) is 6. The van der Waals surface area contributed by atoms with Gasteiger partial charge in [-0.3, -0.25) is 0 Å². The van der Waals surface area contributed by atoms with Crippen LogP contribution >= 0.6 is 11.6 Å². The highest BCUT2D eigenvalue weighted by molar-refractivity contribution is 6.33. The molecule has 0 aliphatic carbocycles. The SMILES string of the molecule is Cc1c(C)n(CC(C)C)c2ncn3nc(CO/N=C\c4ccccc4Cl)nc3c12. The fraction of sp³-hybridized carbons (Fsp3) is 0.333. The predicted octanol–water partition coefficient (Wildman–Crippen LogP) is 4.56. The molecular formula is C21H23ClN6O. The highest BCUT2D eigenvalue weighted by Gasteiger charge is 2.18. The highest BCUT2D eigenvalue weighted by atomic mass is 35.5. The van der Waals surface area contributed by atoms with Gasteiger partial charge in [0, 0.05) is 22.8 Å². The van der Waals surface area contributed by atoms with Gasteiger partial charge in [0.1, 0.15) is 12.0 Å². The average Bonchev–Trinajstić information content (AvgIpc) is 3.20. The Morgan fingerprint density at radius 2 is 2.00 bits per heavy atom. The van der Waals surface area contributed by atoms with Gasteiger partial charge < -0.3 is 9.40 Å². The van der Waals surface area contributed by atoms with Gasteiger partial charge in [-0.05, 0) is 31.4 Å². The summed E-state index contributed by atoms with van der Waals surface area (Å²) in [6, 6.07) is 7.44. The largest absolute Gasteiger partial charge is 0.387 e. The van der Waals surface area contributed by atoms with E-state index in [0.717, 1.165) is 28.8 Å². The van der Waals surface area contributed by atoms with E-state index in [4.69, 9.17) is 16.4 Å². The highest BCUT2D eigenvalue weighted by Crippen LogP contribution is 2.27. The molecular weight excluding hydrogens is 388 g/mol. The van der Waals surface area contributed by atoms with Crippen molar-refractivity contribution >= 4 is 34.5 Å². The molecule has 3 aromatic heterocycles. The molecule has 0 bridgehead atoms. The van der Waals surface area contributed by atoms with Crippen molar-refractivity contribution in [1.29, 1.82) is 0 Å². The van der Waals surface area contributed by atoms with Gasteiger partial charge >= 0.3 is 0 Å². The second kappa shape index (κ2) is 7.83. The summed E-state index contributed by atoms with van der Waals surface area (Å²) in [5.74, 6) is 1.07. The number of fused-ring (bicyclic) bond motifs is 3. The molecule has 0 spiro atoms. The van der Waals surface area contributed by atoms with Gasteiger partial charge in [0.25, 0.3) is 0 Å². The zero-order valence-electron chi connectivity index (χ0n) is 16.9. The molecule has 1 aromatic carbocycles. The van der Waals surface area contributed by atoms with Crippen molar-refractivity contribution in [1.82, 2.24) is 24.1 Å². The smallest absolute Gasteiger partial charge is 0.192 e. The number of benzene rings is 1. The number of halogens is 1. The standard InChI is InChI=1S/C21H23ClN6O/c1-13(2)10-27-15(4)14(3)19-20(27)23-12-28-21(19)25-18(26-28)11-29-24-9-16-7-5-6-8-17(16)22/h5-9,12-13H,10-11H2,1-4H3/b24-9-. The van der Waals surface area contributed by atoms with Crippen molar-refractivity contribution in [3.05, 3.63) is 58.3 Å². The molecule has 3 heterocycles. The van der Waals surface area contributed by atoms with Crippen LogP contribution in [-0.4, -0.2) is 30.4 Å². The molecule has 0 aliphatic rings. The molecule has 4 rings (SSSR count). The van der Waals surface area contributed by atoms with Crippen molar-refractivity contribution in [3.63, 3.8) is 0 Å². The maximum Gasteiger partial charge on any atom is 0.192 e. The lowest BCUT2D eigenvalue weighted by atomic mass is 10.2. The Balaban J connectivity index is 1.61. The van der Waals surface area contributed by atoms with E-state index in [1.807, 2.05) is 18.2 Å². The van der Waals surface area contributed by atoms with Gasteiger partial charge in [0.15, 0.2) is 18.1 Å². The molecule has 0 atom stereocenters. The maximum absolute atomic E-state index is 6.11. The van der Waals surface area contributed by atoms with Gasteiger partial charge in [-0.1, -0.05) is 48.8 Å². The Morgan fingerprint density at radius 1 is 1.21 bits per heavy atom. The van der Waals surface area contributed by atoms with Gasteiger partial charge in [0.05, 0.1) is 11.6 Å². The van der Waals surface area contributed by atoms with E-state index in [1.54, 1.807) is 23.1 Å². The third kappa shape index (κ3) is 3.70. The van der Waals surface area contributed by atoms with Crippen LogP contribution in [0, 0.1) is 19.8 Å². The van der Waals surface area contributed by atoms with Crippen LogP contribution in [0.25, 0.3) is 16.7 Å². The first-order chi connectivity index (χ1) is 14.0. The lowest BCUT2D eigenvalue weighted by Crippen LogP contribution is -2.07. The maximum atomic E-state index is 6.11. The van der Waals surface area contributed by atoms with Gasteiger partial charge in [-0.15, -0.1) is 5.10 Å². The quantitative estimate of drug-likeness (QED) is 0.345. The zero-order valence-corrected chi connectivity index (χ0v) is 17.7. The molecule has 0 amide bonds. The monoisotopic (exact) mass is 410 g/mol. The summed E-state index contributed by atoms with van der Waals surface area (Å²) in [7, 11) is 0. The number of aryl methyl sites for hydroxylation is 1. The first-order valence-corrected chi connectivity index (χ1v) is 9.93. The van der Waals surface area contributed by atoms with Crippen LogP contribution < -0.4 is 0 Å². The van der Waals surface area contributed by atoms with Crippen LogP contribution in [0.15, 0.2) is 35.7 Å². The van der Waals surface area contributed by atoms with E-state index in [9.17, 15) is 0 Å². The van der Waals surface area contributed by atoms with Gasteiger partial charge in [-0.25, -0.2) is 14.5 Å². The molecule has 0 radical (unpaired) electrons. The van der Waals surface area contributed by atoms with Gasteiger partial charge in [-0.2, -0.15) is 0 Å². The molecule has 0 fully saturated rings. The van der Waals surface area contributed by atoms with Crippen LogP contribution in [0.5, 0.6) is 0 Å². The lowest BCUT2D eigenvalue weighted by molar-refractivity contribution is 0.126. The number of hydrogen-bond acceptors (Lipinski definition) is 5. The fourth-order valence-corrected chi connectivity index (χ4v) is 3.58. The molecule has 0 unspecified atom stereocenters. The molecule has 0 saturated heterocycles. The summed E-state index contributed by atoms with van der Waals surface area (Å²) in [6.07, 6.45) is 3.29. The van der Waals surface area contributed by atoms with Crippen LogP contribution in [0.2, 0.25) is 5.02 Å². The molecule has 29 heavy (non-hydrogen) atoms. The molecule has 7 nitrogen and oxygen atoms in total. The number of oxime groups is 1. The van der Waals surface area contributed by atoms with E-state index in [1.165, 1.54) is 11.3 Å². The lowest BCUT2D eigenvalue weighted by Gasteiger charge is -2.10. The fourth-order valence-electron chi connectivity index (χ4n) is 3.39. The summed E-state index contributed by atoms with van der Waals surface area (Å²) < 4.78 is 3.96. The first-order valence-electron chi connectivity index (χ1n) is 9.55. The van der Waals surface area contributed by atoms with E-state index in [-0.39, 0.29) is 6.61 Å². The third-order valence-corrected chi connectivity index (χ3v) is 5.25. The Labute approximate surface area is 174 Å². The Kier molecular flexibility index (Phi) is 5.24. The summed E-state index contributed by atoms with van der Waals surface area (Å²) in [6.45, 7) is 9.72. The van der Waals surface area contributed by atoms with Crippen molar-refractivity contribution in [3.8, 4) is 0 Å². The zero-order chi connectivity index (χ0) is 20.5. The first kappa shape index (κ1) is 19.4. The van der Waals surface area contributed by atoms with E-state index < -0.39 is 0 Å². The van der Waals surface area contributed by atoms with Gasteiger partial charge in [0.2, 0.25) is 0 Å². The van der Waals surface area contributed by atoms with E-state index >= 15 is 0 Å². The van der Waals surface area contributed by atoms with Crippen molar-refractivity contribution in [2.24, 2.45) is 11.1 Å². The van der Waals surface area contributed by atoms with Crippen molar-refractivity contribution in [2.45, 2.75) is 40.8 Å². The minimum Gasteiger partial charge on any atom is -0.387 e.